The number of terminal acetylenes is 1. The molecule has 0 atom stereocenters. The van der Waals surface area contributed by atoms with Crippen molar-refractivity contribution in [1.82, 2.24) is 4.98 Å². The van der Waals surface area contributed by atoms with Crippen LogP contribution >= 0.6 is 0 Å². The highest BCUT2D eigenvalue weighted by atomic mass is 14.7. The van der Waals surface area contributed by atoms with E-state index >= 15 is 0 Å². The predicted molar refractivity (Wildman–Crippen MR) is 58.0 cm³/mol. The van der Waals surface area contributed by atoms with Crippen molar-refractivity contribution in [2.75, 3.05) is 0 Å². The van der Waals surface area contributed by atoms with Crippen LogP contribution in [0.2, 0.25) is 0 Å². The third-order valence-electron chi connectivity index (χ3n) is 3.13. The van der Waals surface area contributed by atoms with E-state index in [1.807, 2.05) is 6.20 Å². The molecular weight excluding hydrogens is 170 g/mol. The van der Waals surface area contributed by atoms with E-state index in [0.717, 1.165) is 12.8 Å². The quantitative estimate of drug-likeness (QED) is 0.651. The molecule has 1 heterocycles. The van der Waals surface area contributed by atoms with Crippen LogP contribution in [-0.4, -0.2) is 4.98 Å². The Morgan fingerprint density at radius 2 is 2.14 bits per heavy atom. The van der Waals surface area contributed by atoms with E-state index < -0.39 is 0 Å². The topological polar surface area (TPSA) is 15.8 Å². The molecule has 0 radical (unpaired) electrons. The number of hydrogen-bond acceptors (Lipinski definition) is 0. The average molecular weight is 181 g/mol. The summed E-state index contributed by atoms with van der Waals surface area (Å²) in [5, 5.41) is 1.25. The molecule has 1 aromatic carbocycles. The summed E-state index contributed by atoms with van der Waals surface area (Å²) in [6.07, 6.45) is 9.80. The lowest BCUT2D eigenvalue weighted by molar-refractivity contribution is 0.934. The molecule has 3 rings (SSSR count). The van der Waals surface area contributed by atoms with Gasteiger partial charge in [0.25, 0.3) is 0 Å². The van der Waals surface area contributed by atoms with Gasteiger partial charge in [0.05, 0.1) is 5.41 Å². The molecule has 1 fully saturated rings. The molecule has 2 aromatic rings. The molecule has 1 heteroatoms. The fraction of sp³-hybridized carbons (Fsp3) is 0.231. The Morgan fingerprint density at radius 1 is 1.29 bits per heavy atom. The number of hydrogen-bond donors (Lipinski definition) is 1. The number of rotatable bonds is 1. The van der Waals surface area contributed by atoms with Gasteiger partial charge in [-0.15, -0.1) is 6.42 Å². The van der Waals surface area contributed by atoms with Crippen LogP contribution in [0.5, 0.6) is 0 Å². The maximum atomic E-state index is 5.56. The molecule has 0 unspecified atom stereocenters. The normalized spacial score (nSPS) is 17.9. The first-order valence-corrected chi connectivity index (χ1v) is 4.89. The lowest BCUT2D eigenvalue weighted by Crippen LogP contribution is -2.01. The summed E-state index contributed by atoms with van der Waals surface area (Å²) in [7, 11) is 0. The summed E-state index contributed by atoms with van der Waals surface area (Å²) in [6, 6.07) is 8.55. The summed E-state index contributed by atoms with van der Waals surface area (Å²) in [5.41, 5.74) is 2.54. The fourth-order valence-electron chi connectivity index (χ4n) is 1.99. The Bertz CT molecular complexity index is 523. The molecule has 1 aromatic heterocycles. The van der Waals surface area contributed by atoms with Gasteiger partial charge in [-0.05, 0) is 42.0 Å². The number of H-pyrrole nitrogens is 1. The van der Waals surface area contributed by atoms with Crippen LogP contribution in [0, 0.1) is 12.3 Å². The van der Waals surface area contributed by atoms with Gasteiger partial charge in [0.1, 0.15) is 0 Å². The fourth-order valence-corrected chi connectivity index (χ4v) is 1.99. The van der Waals surface area contributed by atoms with E-state index in [0.29, 0.717) is 0 Å². The lowest BCUT2D eigenvalue weighted by Gasteiger charge is -2.07. The minimum absolute atomic E-state index is 0.0610. The van der Waals surface area contributed by atoms with Crippen molar-refractivity contribution in [3.8, 4) is 12.3 Å². The van der Waals surface area contributed by atoms with Gasteiger partial charge in [0.15, 0.2) is 0 Å². The van der Waals surface area contributed by atoms with Crippen LogP contribution in [-0.2, 0) is 5.41 Å². The number of nitrogens with one attached hydrogen (secondary N) is 1. The zero-order valence-electron chi connectivity index (χ0n) is 7.88. The monoisotopic (exact) mass is 181 g/mol. The van der Waals surface area contributed by atoms with Crippen molar-refractivity contribution in [1.29, 1.82) is 0 Å². The molecule has 0 aliphatic heterocycles. The third-order valence-corrected chi connectivity index (χ3v) is 3.13. The first-order valence-electron chi connectivity index (χ1n) is 4.89. The largest absolute Gasteiger partial charge is 0.361 e. The summed E-state index contributed by atoms with van der Waals surface area (Å²) < 4.78 is 0. The van der Waals surface area contributed by atoms with Crippen LogP contribution in [0.4, 0.5) is 0 Å². The Morgan fingerprint density at radius 3 is 2.86 bits per heavy atom. The van der Waals surface area contributed by atoms with Crippen molar-refractivity contribution in [2.45, 2.75) is 18.3 Å². The minimum atomic E-state index is 0.0610. The van der Waals surface area contributed by atoms with Gasteiger partial charge < -0.3 is 4.98 Å². The SMILES string of the molecule is C#CC1(c2ccc3[nH]ccc3c2)CC1. The first kappa shape index (κ1) is 7.70. The summed E-state index contributed by atoms with van der Waals surface area (Å²) in [4.78, 5) is 3.18. The summed E-state index contributed by atoms with van der Waals surface area (Å²) >= 11 is 0. The zero-order chi connectivity index (χ0) is 9.60. The van der Waals surface area contributed by atoms with Crippen molar-refractivity contribution in [3.05, 3.63) is 36.0 Å². The second kappa shape index (κ2) is 2.42. The van der Waals surface area contributed by atoms with Crippen molar-refractivity contribution >= 4 is 10.9 Å². The van der Waals surface area contributed by atoms with E-state index in [4.69, 9.17) is 6.42 Å². The van der Waals surface area contributed by atoms with E-state index in [1.165, 1.54) is 16.5 Å². The Balaban J connectivity index is 2.19. The van der Waals surface area contributed by atoms with Crippen molar-refractivity contribution < 1.29 is 0 Å². The van der Waals surface area contributed by atoms with Crippen LogP contribution in [0.1, 0.15) is 18.4 Å². The molecule has 0 spiro atoms. The zero-order valence-corrected chi connectivity index (χ0v) is 7.88. The summed E-state index contributed by atoms with van der Waals surface area (Å²) in [5.74, 6) is 2.92. The smallest absolute Gasteiger partial charge is 0.0561 e. The lowest BCUT2D eigenvalue weighted by atomic mass is 9.96. The van der Waals surface area contributed by atoms with Gasteiger partial charge in [-0.25, -0.2) is 0 Å². The van der Waals surface area contributed by atoms with E-state index in [2.05, 4.69) is 35.2 Å². The van der Waals surface area contributed by atoms with Gasteiger partial charge in [-0.3, -0.25) is 0 Å². The van der Waals surface area contributed by atoms with Crippen LogP contribution in [0.3, 0.4) is 0 Å². The first-order chi connectivity index (χ1) is 6.84. The highest BCUT2D eigenvalue weighted by Crippen LogP contribution is 2.47. The molecule has 1 aliphatic rings. The molecule has 0 saturated heterocycles. The third kappa shape index (κ3) is 0.914. The molecule has 0 amide bonds. The second-order valence-electron chi connectivity index (χ2n) is 4.01. The Labute approximate surface area is 83.1 Å². The summed E-state index contributed by atoms with van der Waals surface area (Å²) in [6.45, 7) is 0. The second-order valence-corrected chi connectivity index (χ2v) is 4.01. The number of benzene rings is 1. The van der Waals surface area contributed by atoms with Gasteiger partial charge in [0, 0.05) is 11.7 Å². The van der Waals surface area contributed by atoms with E-state index in [9.17, 15) is 0 Å². The van der Waals surface area contributed by atoms with Crippen LogP contribution in [0.25, 0.3) is 10.9 Å². The Kier molecular flexibility index (Phi) is 1.33. The molecule has 1 aliphatic carbocycles. The Hall–Kier alpha value is -1.68. The average Bonchev–Trinajstić information content (AvgIpc) is 2.89. The van der Waals surface area contributed by atoms with Crippen molar-refractivity contribution in [2.24, 2.45) is 0 Å². The van der Waals surface area contributed by atoms with E-state index in [-0.39, 0.29) is 5.41 Å². The van der Waals surface area contributed by atoms with Crippen LogP contribution < -0.4 is 0 Å². The number of aromatic amines is 1. The van der Waals surface area contributed by atoms with Gasteiger partial charge in [-0.2, -0.15) is 0 Å². The molecule has 1 saturated carbocycles. The molecule has 68 valence electrons. The molecular formula is C13H11N. The molecule has 0 bridgehead atoms. The van der Waals surface area contributed by atoms with Gasteiger partial charge in [0.2, 0.25) is 0 Å². The molecule has 1 nitrogen and oxygen atoms in total. The number of aromatic nitrogens is 1. The number of fused-ring (bicyclic) bond motifs is 1. The van der Waals surface area contributed by atoms with E-state index in [1.54, 1.807) is 0 Å². The molecule has 14 heavy (non-hydrogen) atoms. The minimum Gasteiger partial charge on any atom is -0.361 e. The highest BCUT2D eigenvalue weighted by Gasteiger charge is 2.42. The highest BCUT2D eigenvalue weighted by molar-refractivity contribution is 5.80. The van der Waals surface area contributed by atoms with Crippen LogP contribution in [0.15, 0.2) is 30.5 Å². The van der Waals surface area contributed by atoms with Gasteiger partial charge >= 0.3 is 0 Å². The molecule has 1 N–H and O–H groups in total. The predicted octanol–water partition coefficient (Wildman–Crippen LogP) is 2.83. The van der Waals surface area contributed by atoms with Gasteiger partial charge in [-0.1, -0.05) is 12.0 Å². The standard InChI is InChI=1S/C13H11N/c1-2-13(6-7-13)11-3-4-12-10(9-11)5-8-14-12/h1,3-5,8-9,14H,6-7H2. The maximum absolute atomic E-state index is 5.56. The van der Waals surface area contributed by atoms with Crippen molar-refractivity contribution in [3.63, 3.8) is 0 Å². The maximum Gasteiger partial charge on any atom is 0.0561 e.